The van der Waals surface area contributed by atoms with Crippen LogP contribution in [0, 0.1) is 11.8 Å². The zero-order chi connectivity index (χ0) is 13.6. The Morgan fingerprint density at radius 3 is 2.89 bits per heavy atom. The highest BCUT2D eigenvalue weighted by Crippen LogP contribution is 2.28. The molecule has 0 radical (unpaired) electrons. The number of aliphatic hydroxyl groups is 1. The normalized spacial score (nSPS) is 26.3. The van der Waals surface area contributed by atoms with E-state index in [4.69, 9.17) is 0 Å². The van der Waals surface area contributed by atoms with E-state index in [1.165, 1.54) is 0 Å². The molecule has 0 saturated heterocycles. The Morgan fingerprint density at radius 2 is 2.16 bits per heavy atom. The van der Waals surface area contributed by atoms with Crippen molar-refractivity contribution in [2.24, 2.45) is 0 Å². The van der Waals surface area contributed by atoms with Crippen molar-refractivity contribution in [1.29, 1.82) is 0 Å². The van der Waals surface area contributed by atoms with Crippen LogP contribution in [0.4, 0.5) is 0 Å². The van der Waals surface area contributed by atoms with Crippen LogP contribution in [-0.4, -0.2) is 23.3 Å². The monoisotopic (exact) mass is 255 g/mol. The van der Waals surface area contributed by atoms with E-state index < -0.39 is 5.60 Å². The molecule has 1 fully saturated rings. The van der Waals surface area contributed by atoms with Crippen molar-refractivity contribution in [3.05, 3.63) is 48.6 Å². The van der Waals surface area contributed by atoms with Crippen molar-refractivity contribution >= 4 is 0 Å². The molecular formula is C17H21NO. The highest BCUT2D eigenvalue weighted by atomic mass is 16.3. The number of hydrogen-bond acceptors (Lipinski definition) is 2. The van der Waals surface area contributed by atoms with Crippen LogP contribution in [0.2, 0.25) is 0 Å². The summed E-state index contributed by atoms with van der Waals surface area (Å²) in [6.45, 7) is 4.41. The highest BCUT2D eigenvalue weighted by molar-refractivity contribution is 5.36. The molecule has 1 aliphatic rings. The maximum atomic E-state index is 10.7. The standard InChI is InChI=1S/C17H21NO/c1-2-14-18-16-10-6-7-12-17(16,19)13-11-15-8-4-3-5-9-15/h2-5,8-9,16,18-19H,1,6-7,10,12,14H2/t16-,17+/m1/s1. The average molecular weight is 255 g/mol. The number of benzene rings is 1. The Hall–Kier alpha value is -1.56. The van der Waals surface area contributed by atoms with Crippen LogP contribution in [-0.2, 0) is 0 Å². The van der Waals surface area contributed by atoms with Crippen LogP contribution < -0.4 is 5.32 Å². The summed E-state index contributed by atoms with van der Waals surface area (Å²) in [6, 6.07) is 9.85. The van der Waals surface area contributed by atoms with Crippen molar-refractivity contribution in [3.63, 3.8) is 0 Å². The number of rotatable bonds is 3. The van der Waals surface area contributed by atoms with Crippen LogP contribution in [0.3, 0.4) is 0 Å². The fraction of sp³-hybridized carbons (Fsp3) is 0.412. The molecule has 0 spiro atoms. The summed E-state index contributed by atoms with van der Waals surface area (Å²) in [5.41, 5.74) is 0.0286. The molecule has 2 atom stereocenters. The summed E-state index contributed by atoms with van der Waals surface area (Å²) in [4.78, 5) is 0. The van der Waals surface area contributed by atoms with Crippen LogP contribution in [0.5, 0.6) is 0 Å². The Balaban J connectivity index is 2.14. The van der Waals surface area contributed by atoms with Gasteiger partial charge in [0.2, 0.25) is 0 Å². The third-order valence-corrected chi connectivity index (χ3v) is 3.58. The maximum Gasteiger partial charge on any atom is 0.141 e. The molecule has 0 aliphatic heterocycles. The Morgan fingerprint density at radius 1 is 1.37 bits per heavy atom. The first-order valence-corrected chi connectivity index (χ1v) is 6.89. The van der Waals surface area contributed by atoms with Gasteiger partial charge in [0.15, 0.2) is 0 Å². The second-order valence-corrected chi connectivity index (χ2v) is 5.04. The van der Waals surface area contributed by atoms with Crippen molar-refractivity contribution < 1.29 is 5.11 Å². The van der Waals surface area contributed by atoms with Gasteiger partial charge in [0.1, 0.15) is 5.60 Å². The predicted octanol–water partition coefficient (Wildman–Crippen LogP) is 2.49. The largest absolute Gasteiger partial charge is 0.376 e. The van der Waals surface area contributed by atoms with Crippen molar-refractivity contribution in [1.82, 2.24) is 5.32 Å². The molecule has 1 aromatic carbocycles. The van der Waals surface area contributed by atoms with Crippen molar-refractivity contribution in [2.45, 2.75) is 37.3 Å². The molecule has 0 amide bonds. The highest BCUT2D eigenvalue weighted by Gasteiger charge is 2.36. The molecule has 0 bridgehead atoms. The third-order valence-electron chi connectivity index (χ3n) is 3.58. The number of hydrogen-bond donors (Lipinski definition) is 2. The van der Waals surface area contributed by atoms with E-state index in [0.29, 0.717) is 6.54 Å². The van der Waals surface area contributed by atoms with Gasteiger partial charge in [-0.1, -0.05) is 42.5 Å². The lowest BCUT2D eigenvalue weighted by Crippen LogP contribution is -2.52. The lowest BCUT2D eigenvalue weighted by atomic mass is 9.80. The summed E-state index contributed by atoms with van der Waals surface area (Å²) >= 11 is 0. The van der Waals surface area contributed by atoms with Gasteiger partial charge in [0.05, 0.1) is 0 Å². The van der Waals surface area contributed by atoms with Crippen LogP contribution in [0.15, 0.2) is 43.0 Å². The second-order valence-electron chi connectivity index (χ2n) is 5.04. The zero-order valence-electron chi connectivity index (χ0n) is 11.2. The van der Waals surface area contributed by atoms with Crippen molar-refractivity contribution in [3.8, 4) is 11.8 Å². The van der Waals surface area contributed by atoms with E-state index in [0.717, 1.165) is 31.2 Å². The topological polar surface area (TPSA) is 32.3 Å². The minimum atomic E-state index is -0.920. The first kappa shape index (κ1) is 13.9. The van der Waals surface area contributed by atoms with Gasteiger partial charge in [0.25, 0.3) is 0 Å². The second kappa shape index (κ2) is 6.56. The van der Waals surface area contributed by atoms with Gasteiger partial charge in [-0.25, -0.2) is 0 Å². The SMILES string of the molecule is C=CCN[C@@H]1CCCC[C@]1(O)C#Cc1ccccc1. The summed E-state index contributed by atoms with van der Waals surface area (Å²) in [5, 5.41) is 14.1. The van der Waals surface area contributed by atoms with E-state index in [-0.39, 0.29) is 6.04 Å². The molecule has 0 heterocycles. The molecule has 100 valence electrons. The summed E-state index contributed by atoms with van der Waals surface area (Å²) in [6.07, 6.45) is 5.70. The molecule has 19 heavy (non-hydrogen) atoms. The van der Waals surface area contributed by atoms with Gasteiger partial charge in [-0.15, -0.1) is 6.58 Å². The molecule has 1 saturated carbocycles. The van der Waals surface area contributed by atoms with Crippen LogP contribution in [0.25, 0.3) is 0 Å². The molecular weight excluding hydrogens is 234 g/mol. The van der Waals surface area contributed by atoms with E-state index in [9.17, 15) is 5.11 Å². The zero-order valence-corrected chi connectivity index (χ0v) is 11.2. The third kappa shape index (κ3) is 3.70. The Kier molecular flexibility index (Phi) is 4.79. The van der Waals surface area contributed by atoms with Gasteiger partial charge < -0.3 is 10.4 Å². The van der Waals surface area contributed by atoms with Gasteiger partial charge in [-0.3, -0.25) is 0 Å². The van der Waals surface area contributed by atoms with Gasteiger partial charge in [-0.2, -0.15) is 0 Å². The van der Waals surface area contributed by atoms with Crippen molar-refractivity contribution in [2.75, 3.05) is 6.54 Å². The fourth-order valence-electron chi connectivity index (χ4n) is 2.50. The summed E-state index contributed by atoms with van der Waals surface area (Å²) in [7, 11) is 0. The maximum absolute atomic E-state index is 10.7. The van der Waals surface area contributed by atoms with E-state index in [1.807, 2.05) is 36.4 Å². The molecule has 2 nitrogen and oxygen atoms in total. The summed E-state index contributed by atoms with van der Waals surface area (Å²) < 4.78 is 0. The molecule has 1 aromatic rings. The minimum absolute atomic E-state index is 0.0375. The lowest BCUT2D eigenvalue weighted by molar-refractivity contribution is 0.0275. The first-order valence-electron chi connectivity index (χ1n) is 6.89. The quantitative estimate of drug-likeness (QED) is 0.642. The molecule has 2 N–H and O–H groups in total. The Labute approximate surface area is 115 Å². The van der Waals surface area contributed by atoms with E-state index >= 15 is 0 Å². The molecule has 2 rings (SSSR count). The molecule has 0 unspecified atom stereocenters. The molecule has 1 aliphatic carbocycles. The lowest BCUT2D eigenvalue weighted by Gasteiger charge is -2.36. The molecule has 0 aromatic heterocycles. The average Bonchev–Trinajstić information content (AvgIpc) is 2.46. The predicted molar refractivity (Wildman–Crippen MR) is 78.7 cm³/mol. The first-order chi connectivity index (χ1) is 9.24. The Bertz CT molecular complexity index is 471. The number of nitrogens with one attached hydrogen (secondary N) is 1. The van der Waals surface area contributed by atoms with Gasteiger partial charge >= 0.3 is 0 Å². The van der Waals surface area contributed by atoms with E-state index in [2.05, 4.69) is 23.7 Å². The minimum Gasteiger partial charge on any atom is -0.376 e. The van der Waals surface area contributed by atoms with Gasteiger partial charge in [0, 0.05) is 18.2 Å². The smallest absolute Gasteiger partial charge is 0.141 e. The van der Waals surface area contributed by atoms with Crippen LogP contribution >= 0.6 is 0 Å². The fourth-order valence-corrected chi connectivity index (χ4v) is 2.50. The van der Waals surface area contributed by atoms with E-state index in [1.54, 1.807) is 0 Å². The summed E-state index contributed by atoms with van der Waals surface area (Å²) in [5.74, 6) is 6.18. The molecule has 2 heteroatoms. The van der Waals surface area contributed by atoms with Gasteiger partial charge in [-0.05, 0) is 31.4 Å². The van der Waals surface area contributed by atoms with Crippen LogP contribution in [0.1, 0.15) is 31.2 Å².